The summed E-state index contributed by atoms with van der Waals surface area (Å²) in [5.74, 6) is 0.754. The number of hydrogen-bond acceptors (Lipinski definition) is 3. The van der Waals surface area contributed by atoms with Crippen molar-refractivity contribution in [1.29, 1.82) is 0 Å². The van der Waals surface area contributed by atoms with Crippen LogP contribution in [-0.4, -0.2) is 17.2 Å². The molecule has 0 aliphatic heterocycles. The van der Waals surface area contributed by atoms with E-state index in [-0.39, 0.29) is 6.61 Å². The van der Waals surface area contributed by atoms with Gasteiger partial charge in [-0.1, -0.05) is 6.07 Å². The standard InChI is InChI=1S/C12H13NO2/c1-8-6-9(7-14)12-10(13-8)4-3-5-11(12)15-2/h3-6,14H,7H2,1-2H3. The third-order valence-corrected chi connectivity index (χ3v) is 2.40. The monoisotopic (exact) mass is 203 g/mol. The van der Waals surface area contributed by atoms with Gasteiger partial charge in [-0.25, -0.2) is 0 Å². The smallest absolute Gasteiger partial charge is 0.128 e. The van der Waals surface area contributed by atoms with Crippen molar-refractivity contribution in [3.8, 4) is 5.75 Å². The second-order valence-corrected chi connectivity index (χ2v) is 3.44. The molecule has 0 amide bonds. The first kappa shape index (κ1) is 9.93. The zero-order valence-electron chi connectivity index (χ0n) is 8.82. The highest BCUT2D eigenvalue weighted by molar-refractivity contribution is 5.88. The average molecular weight is 203 g/mol. The summed E-state index contributed by atoms with van der Waals surface area (Å²) < 4.78 is 5.26. The van der Waals surface area contributed by atoms with Crippen molar-refractivity contribution >= 4 is 10.9 Å². The maximum atomic E-state index is 9.30. The molecule has 0 radical (unpaired) electrons. The highest BCUT2D eigenvalue weighted by Gasteiger charge is 2.07. The lowest BCUT2D eigenvalue weighted by atomic mass is 10.1. The SMILES string of the molecule is COc1cccc2nc(C)cc(CO)c12. The first-order valence-corrected chi connectivity index (χ1v) is 4.80. The summed E-state index contributed by atoms with van der Waals surface area (Å²) in [5, 5.41) is 10.2. The normalized spacial score (nSPS) is 10.6. The molecule has 1 aromatic carbocycles. The topological polar surface area (TPSA) is 42.4 Å². The summed E-state index contributed by atoms with van der Waals surface area (Å²) in [6, 6.07) is 7.57. The van der Waals surface area contributed by atoms with Gasteiger partial charge in [-0.15, -0.1) is 0 Å². The number of aryl methyl sites for hydroxylation is 1. The van der Waals surface area contributed by atoms with E-state index in [4.69, 9.17) is 4.74 Å². The second-order valence-electron chi connectivity index (χ2n) is 3.44. The van der Waals surface area contributed by atoms with E-state index in [1.54, 1.807) is 7.11 Å². The van der Waals surface area contributed by atoms with Crippen molar-refractivity contribution in [2.24, 2.45) is 0 Å². The number of aliphatic hydroxyl groups is 1. The molecule has 3 nitrogen and oxygen atoms in total. The Morgan fingerprint density at radius 2 is 2.20 bits per heavy atom. The number of hydrogen-bond donors (Lipinski definition) is 1. The highest BCUT2D eigenvalue weighted by atomic mass is 16.5. The van der Waals surface area contributed by atoms with Gasteiger partial charge in [0, 0.05) is 11.1 Å². The van der Waals surface area contributed by atoms with Crippen LogP contribution in [0.5, 0.6) is 5.75 Å². The Bertz CT molecular complexity index is 494. The van der Waals surface area contributed by atoms with Crippen LogP contribution >= 0.6 is 0 Å². The first-order valence-electron chi connectivity index (χ1n) is 4.80. The van der Waals surface area contributed by atoms with Gasteiger partial charge in [-0.3, -0.25) is 4.98 Å². The Balaban J connectivity index is 2.84. The number of fused-ring (bicyclic) bond motifs is 1. The lowest BCUT2D eigenvalue weighted by Gasteiger charge is -2.09. The number of aromatic nitrogens is 1. The van der Waals surface area contributed by atoms with E-state index in [0.29, 0.717) is 0 Å². The van der Waals surface area contributed by atoms with Gasteiger partial charge in [-0.2, -0.15) is 0 Å². The lowest BCUT2D eigenvalue weighted by molar-refractivity contribution is 0.283. The molecule has 1 heterocycles. The van der Waals surface area contributed by atoms with Crippen molar-refractivity contribution in [3.05, 3.63) is 35.5 Å². The van der Waals surface area contributed by atoms with E-state index in [9.17, 15) is 5.11 Å². The Morgan fingerprint density at radius 3 is 2.87 bits per heavy atom. The second kappa shape index (κ2) is 3.87. The maximum absolute atomic E-state index is 9.30. The quantitative estimate of drug-likeness (QED) is 0.812. The number of nitrogens with zero attached hydrogens (tertiary/aromatic N) is 1. The molecular weight excluding hydrogens is 190 g/mol. The number of methoxy groups -OCH3 is 1. The third-order valence-electron chi connectivity index (χ3n) is 2.40. The van der Waals surface area contributed by atoms with Crippen molar-refractivity contribution < 1.29 is 9.84 Å². The summed E-state index contributed by atoms with van der Waals surface area (Å²) in [4.78, 5) is 4.40. The Hall–Kier alpha value is -1.61. The molecule has 0 atom stereocenters. The van der Waals surface area contributed by atoms with E-state index in [2.05, 4.69) is 4.98 Å². The fourth-order valence-electron chi connectivity index (χ4n) is 1.78. The summed E-state index contributed by atoms with van der Waals surface area (Å²) >= 11 is 0. The summed E-state index contributed by atoms with van der Waals surface area (Å²) in [6.07, 6.45) is 0. The number of benzene rings is 1. The van der Waals surface area contributed by atoms with Crippen molar-refractivity contribution in [3.63, 3.8) is 0 Å². The van der Waals surface area contributed by atoms with Gasteiger partial charge in [0.1, 0.15) is 5.75 Å². The molecule has 3 heteroatoms. The molecular formula is C12H13NO2. The zero-order chi connectivity index (χ0) is 10.8. The van der Waals surface area contributed by atoms with Crippen LogP contribution in [0.2, 0.25) is 0 Å². The third kappa shape index (κ3) is 1.66. The van der Waals surface area contributed by atoms with Gasteiger partial charge >= 0.3 is 0 Å². The van der Waals surface area contributed by atoms with Crippen LogP contribution in [0.4, 0.5) is 0 Å². The Kier molecular flexibility index (Phi) is 2.56. The van der Waals surface area contributed by atoms with E-state index < -0.39 is 0 Å². The molecule has 2 rings (SSSR count). The van der Waals surface area contributed by atoms with Crippen molar-refractivity contribution in [2.45, 2.75) is 13.5 Å². The minimum Gasteiger partial charge on any atom is -0.496 e. The molecule has 0 aliphatic carbocycles. The number of aliphatic hydroxyl groups excluding tert-OH is 1. The van der Waals surface area contributed by atoms with E-state index >= 15 is 0 Å². The predicted octanol–water partition coefficient (Wildman–Crippen LogP) is 2.04. The van der Waals surface area contributed by atoms with Crippen LogP contribution in [0.15, 0.2) is 24.3 Å². The molecule has 0 saturated heterocycles. The molecule has 0 bridgehead atoms. The van der Waals surface area contributed by atoms with Crippen LogP contribution < -0.4 is 4.74 Å². The van der Waals surface area contributed by atoms with Crippen LogP contribution in [0.3, 0.4) is 0 Å². The highest BCUT2D eigenvalue weighted by Crippen LogP contribution is 2.28. The van der Waals surface area contributed by atoms with E-state index in [1.807, 2.05) is 31.2 Å². The van der Waals surface area contributed by atoms with Gasteiger partial charge in [0.05, 0.1) is 19.2 Å². The Morgan fingerprint density at radius 1 is 1.40 bits per heavy atom. The molecule has 1 N–H and O–H groups in total. The number of pyridine rings is 1. The maximum Gasteiger partial charge on any atom is 0.128 e. The van der Waals surface area contributed by atoms with Gasteiger partial charge in [0.15, 0.2) is 0 Å². The van der Waals surface area contributed by atoms with Gasteiger partial charge in [-0.05, 0) is 30.7 Å². The number of rotatable bonds is 2. The van der Waals surface area contributed by atoms with Crippen LogP contribution in [0.1, 0.15) is 11.3 Å². The molecule has 1 aromatic heterocycles. The molecule has 0 fully saturated rings. The van der Waals surface area contributed by atoms with Crippen molar-refractivity contribution in [2.75, 3.05) is 7.11 Å². The Labute approximate surface area is 88.3 Å². The molecule has 0 aliphatic rings. The van der Waals surface area contributed by atoms with Gasteiger partial charge in [0.25, 0.3) is 0 Å². The molecule has 78 valence electrons. The van der Waals surface area contributed by atoms with Crippen LogP contribution in [0, 0.1) is 6.92 Å². The molecule has 0 spiro atoms. The van der Waals surface area contributed by atoms with E-state index in [1.165, 1.54) is 0 Å². The summed E-state index contributed by atoms with van der Waals surface area (Å²) in [6.45, 7) is 1.91. The minimum atomic E-state index is 0.000231. The largest absolute Gasteiger partial charge is 0.496 e. The number of ether oxygens (including phenoxy) is 1. The van der Waals surface area contributed by atoms with Gasteiger partial charge in [0.2, 0.25) is 0 Å². The minimum absolute atomic E-state index is 0.000231. The van der Waals surface area contributed by atoms with E-state index in [0.717, 1.165) is 27.9 Å². The molecule has 15 heavy (non-hydrogen) atoms. The van der Waals surface area contributed by atoms with Crippen LogP contribution in [-0.2, 0) is 6.61 Å². The predicted molar refractivity (Wildman–Crippen MR) is 59.0 cm³/mol. The molecule has 2 aromatic rings. The van der Waals surface area contributed by atoms with Crippen molar-refractivity contribution in [1.82, 2.24) is 4.98 Å². The summed E-state index contributed by atoms with van der Waals surface area (Å²) in [5.41, 5.74) is 2.62. The zero-order valence-corrected chi connectivity index (χ0v) is 8.82. The van der Waals surface area contributed by atoms with Crippen LogP contribution in [0.25, 0.3) is 10.9 Å². The fourth-order valence-corrected chi connectivity index (χ4v) is 1.78. The average Bonchev–Trinajstić information content (AvgIpc) is 2.26. The molecule has 0 saturated carbocycles. The lowest BCUT2D eigenvalue weighted by Crippen LogP contribution is -1.94. The molecule has 0 unspecified atom stereocenters. The summed E-state index contributed by atoms with van der Waals surface area (Å²) in [7, 11) is 1.62. The fraction of sp³-hybridized carbons (Fsp3) is 0.250. The first-order chi connectivity index (χ1) is 7.26. The van der Waals surface area contributed by atoms with Gasteiger partial charge < -0.3 is 9.84 Å².